The summed E-state index contributed by atoms with van der Waals surface area (Å²) in [5.41, 5.74) is 5.98. The van der Waals surface area contributed by atoms with Gasteiger partial charge in [-0.25, -0.2) is 4.79 Å². The molecule has 2 saturated heterocycles. The average molecular weight is 696 g/mol. The Hall–Kier alpha value is -2.76. The highest BCUT2D eigenvalue weighted by atomic mass is 16.7. The van der Waals surface area contributed by atoms with Crippen LogP contribution in [0.3, 0.4) is 0 Å². The minimum atomic E-state index is -2.18. The minimum Gasteiger partial charge on any atom is -0.481 e. The van der Waals surface area contributed by atoms with Crippen molar-refractivity contribution in [3.05, 3.63) is 60.8 Å². The first-order valence-corrected chi connectivity index (χ1v) is 16.8. The molecule has 3 aliphatic heterocycles. The van der Waals surface area contributed by atoms with Gasteiger partial charge in [0.2, 0.25) is 0 Å². The molecule has 0 aromatic rings. The molecule has 2 bridgehead atoms. The van der Waals surface area contributed by atoms with Gasteiger partial charge in [-0.1, -0.05) is 61.6 Å². The molecule has 276 valence electrons. The van der Waals surface area contributed by atoms with Crippen LogP contribution >= 0.6 is 0 Å². The van der Waals surface area contributed by atoms with E-state index in [4.69, 9.17) is 24.7 Å². The number of nitrogens with two attached hydrogens (primary N) is 1. The summed E-state index contributed by atoms with van der Waals surface area (Å²) < 4.78 is 23.1. The van der Waals surface area contributed by atoms with Crippen LogP contribution in [0.2, 0.25) is 0 Å². The third kappa shape index (κ3) is 12.2. The molecule has 0 radical (unpaired) electrons. The largest absolute Gasteiger partial charge is 0.481 e. The first-order chi connectivity index (χ1) is 23.1. The van der Waals surface area contributed by atoms with Gasteiger partial charge in [0.1, 0.15) is 18.1 Å². The van der Waals surface area contributed by atoms with Crippen molar-refractivity contribution in [2.24, 2.45) is 17.6 Å². The van der Waals surface area contributed by atoms with Gasteiger partial charge >= 0.3 is 11.9 Å². The topological polar surface area (TPSA) is 239 Å². The highest BCUT2D eigenvalue weighted by molar-refractivity contribution is 5.82. The van der Waals surface area contributed by atoms with E-state index in [1.807, 2.05) is 19.1 Å². The van der Waals surface area contributed by atoms with E-state index in [2.05, 4.69) is 0 Å². The van der Waals surface area contributed by atoms with E-state index in [-0.39, 0.29) is 25.2 Å². The lowest BCUT2D eigenvalue weighted by atomic mass is 9.83. The molecule has 49 heavy (non-hydrogen) atoms. The van der Waals surface area contributed by atoms with E-state index in [9.17, 15) is 45.3 Å². The monoisotopic (exact) mass is 695 g/mol. The standard InChI is InChI=1S/C35H53NO13/c1-4-22-12-9-7-5-6-8-10-14-25(48-34-32(42)30(36)31(41)21(3)47-34)17-27-29(33(43)44)26(39)19-35(45,49-27)18-24(38)16-23(37)13-11-15-28(40)46-20(22)2/h5-12,14-15,20-27,29-32,34,37-39,41-42,45H,4,13,16-19,36H2,1-3H3,(H,43,44)/b7-5-,8-6-,12-9-,14-10-,15-11-/t20-,21-,22-,23-,24-,25+,26-,27-,29+,30+,31+,32+,34+,35+/m1/s1. The number of carboxylic acids is 1. The van der Waals surface area contributed by atoms with Gasteiger partial charge < -0.3 is 60.4 Å². The Labute approximate surface area is 286 Å². The number of aliphatic hydroxyl groups is 6. The molecule has 14 atom stereocenters. The van der Waals surface area contributed by atoms with Gasteiger partial charge in [-0.2, -0.15) is 0 Å². The van der Waals surface area contributed by atoms with Gasteiger partial charge in [0.15, 0.2) is 12.1 Å². The van der Waals surface area contributed by atoms with Crippen LogP contribution in [0.25, 0.3) is 0 Å². The molecule has 0 aromatic carbocycles. The van der Waals surface area contributed by atoms with Gasteiger partial charge in [0.25, 0.3) is 0 Å². The number of aliphatic hydroxyl groups excluding tert-OH is 5. The number of carboxylic acid groups (broad SMARTS) is 1. The molecule has 14 heteroatoms. The second kappa shape index (κ2) is 19.0. The van der Waals surface area contributed by atoms with E-state index in [1.165, 1.54) is 12.2 Å². The summed E-state index contributed by atoms with van der Waals surface area (Å²) in [5.74, 6) is -5.69. The van der Waals surface area contributed by atoms with Crippen LogP contribution in [0.1, 0.15) is 59.3 Å². The van der Waals surface area contributed by atoms with Crippen LogP contribution in [-0.4, -0.2) is 121 Å². The van der Waals surface area contributed by atoms with Crippen LogP contribution in [-0.2, 0) is 28.5 Å². The Balaban J connectivity index is 1.93. The van der Waals surface area contributed by atoms with Crippen LogP contribution in [0.4, 0.5) is 0 Å². The van der Waals surface area contributed by atoms with Crippen molar-refractivity contribution in [1.29, 1.82) is 0 Å². The summed E-state index contributed by atoms with van der Waals surface area (Å²) >= 11 is 0. The summed E-state index contributed by atoms with van der Waals surface area (Å²) in [7, 11) is 0. The molecule has 0 aliphatic carbocycles. The summed E-state index contributed by atoms with van der Waals surface area (Å²) in [6.07, 6.45) is 4.26. The number of rotatable bonds is 4. The van der Waals surface area contributed by atoms with Crippen molar-refractivity contribution in [3.8, 4) is 0 Å². The molecule has 3 aliphatic rings. The zero-order valence-corrected chi connectivity index (χ0v) is 28.2. The second-order valence-electron chi connectivity index (χ2n) is 13.1. The van der Waals surface area contributed by atoms with Crippen molar-refractivity contribution >= 4 is 11.9 Å². The number of esters is 1. The van der Waals surface area contributed by atoms with Crippen LogP contribution in [0.15, 0.2) is 60.8 Å². The number of hydrogen-bond acceptors (Lipinski definition) is 13. The molecular weight excluding hydrogens is 642 g/mol. The zero-order valence-electron chi connectivity index (χ0n) is 28.2. The van der Waals surface area contributed by atoms with E-state index < -0.39 is 104 Å². The average Bonchev–Trinajstić information content (AvgIpc) is 3.00. The Bertz CT molecular complexity index is 1220. The third-order valence-corrected chi connectivity index (χ3v) is 9.05. The van der Waals surface area contributed by atoms with Crippen molar-refractivity contribution in [2.45, 2.75) is 132 Å². The number of hydrogen-bond donors (Lipinski definition) is 8. The van der Waals surface area contributed by atoms with Crippen LogP contribution in [0, 0.1) is 11.8 Å². The number of ether oxygens (including phenoxy) is 4. The van der Waals surface area contributed by atoms with Gasteiger partial charge in [0, 0.05) is 31.3 Å². The zero-order chi connectivity index (χ0) is 36.3. The number of allylic oxidation sites excluding steroid dienone is 6. The molecule has 0 unspecified atom stereocenters. The number of carbonyl (C=O) groups excluding carboxylic acids is 1. The van der Waals surface area contributed by atoms with Gasteiger partial charge in [-0.3, -0.25) is 4.79 Å². The molecule has 0 spiro atoms. The Morgan fingerprint density at radius 3 is 2.24 bits per heavy atom. The first kappa shape index (κ1) is 40.7. The van der Waals surface area contributed by atoms with E-state index in [0.717, 1.165) is 6.42 Å². The quantitative estimate of drug-likeness (QED) is 0.189. The molecule has 14 nitrogen and oxygen atoms in total. The number of fused-ring (bicyclic) bond motifs is 2. The van der Waals surface area contributed by atoms with Crippen LogP contribution < -0.4 is 5.73 Å². The molecule has 3 rings (SSSR count). The number of carbonyl (C=O) groups is 2. The highest BCUT2D eigenvalue weighted by Gasteiger charge is 2.50. The smallest absolute Gasteiger partial charge is 0.330 e. The van der Waals surface area contributed by atoms with Gasteiger partial charge in [-0.05, 0) is 33.1 Å². The minimum absolute atomic E-state index is 0.00132. The molecule has 9 N–H and O–H groups in total. The lowest BCUT2D eigenvalue weighted by Crippen LogP contribution is -2.61. The maximum Gasteiger partial charge on any atom is 0.330 e. The van der Waals surface area contributed by atoms with Crippen molar-refractivity contribution in [3.63, 3.8) is 0 Å². The Kier molecular flexibility index (Phi) is 15.8. The first-order valence-electron chi connectivity index (χ1n) is 16.8. The molecule has 2 fully saturated rings. The predicted octanol–water partition coefficient (Wildman–Crippen LogP) is 0.739. The van der Waals surface area contributed by atoms with Gasteiger partial charge in [-0.15, -0.1) is 0 Å². The lowest BCUT2D eigenvalue weighted by Gasteiger charge is -2.45. The van der Waals surface area contributed by atoms with Crippen molar-refractivity contribution in [2.75, 3.05) is 0 Å². The van der Waals surface area contributed by atoms with E-state index in [0.29, 0.717) is 0 Å². The molecule has 0 amide bonds. The maximum absolute atomic E-state index is 12.3. The van der Waals surface area contributed by atoms with Crippen molar-refractivity contribution < 1.29 is 64.3 Å². The normalized spacial score (nSPS) is 45.2. The molecular formula is C35H53NO13. The second-order valence-corrected chi connectivity index (χ2v) is 13.1. The van der Waals surface area contributed by atoms with Crippen LogP contribution in [0.5, 0.6) is 0 Å². The summed E-state index contributed by atoms with van der Waals surface area (Å²) in [5, 5.41) is 74.4. The molecule has 0 aromatic heterocycles. The SMILES string of the molecule is CC[C@@H]1\C=C/C=C\C=C/C=C\[C@H](O[C@@H]2O[C@H](C)[C@H](O)[C@H](N)[C@@H]2O)C[C@H]2O[C@@](O)(C[C@H](O)C[C@H](O)C/C=C\C(=O)O[C@@H]1C)C[C@@H](O)[C@@H]2C(=O)O. The van der Waals surface area contributed by atoms with E-state index >= 15 is 0 Å². The fourth-order valence-electron chi connectivity index (χ4n) is 6.29. The summed E-state index contributed by atoms with van der Waals surface area (Å²) in [4.78, 5) is 24.6. The predicted molar refractivity (Wildman–Crippen MR) is 176 cm³/mol. The highest BCUT2D eigenvalue weighted by Crippen LogP contribution is 2.38. The summed E-state index contributed by atoms with van der Waals surface area (Å²) in [6.45, 7) is 5.32. The maximum atomic E-state index is 12.3. The Morgan fingerprint density at radius 1 is 0.939 bits per heavy atom. The lowest BCUT2D eigenvalue weighted by molar-refractivity contribution is -0.308. The van der Waals surface area contributed by atoms with E-state index in [1.54, 1.807) is 50.3 Å². The molecule has 0 saturated carbocycles. The fourth-order valence-corrected chi connectivity index (χ4v) is 6.29. The third-order valence-electron chi connectivity index (χ3n) is 9.05. The fraction of sp³-hybridized carbons (Fsp3) is 0.657. The Morgan fingerprint density at radius 2 is 1.59 bits per heavy atom. The number of aliphatic carboxylic acids is 1. The van der Waals surface area contributed by atoms with Crippen molar-refractivity contribution in [1.82, 2.24) is 0 Å². The van der Waals surface area contributed by atoms with Gasteiger partial charge in [0.05, 0.1) is 48.8 Å². The number of cyclic esters (lactones) is 1. The molecule has 3 heterocycles. The summed E-state index contributed by atoms with van der Waals surface area (Å²) in [6, 6.07) is -1.09.